The van der Waals surface area contributed by atoms with Gasteiger partial charge in [0.2, 0.25) is 11.7 Å². The molecule has 0 bridgehead atoms. The van der Waals surface area contributed by atoms with Crippen LogP contribution in [0.3, 0.4) is 0 Å². The number of carbonyl (C=O) groups excluding carboxylic acids is 4. The highest BCUT2D eigenvalue weighted by atomic mass is 19.1. The zero-order valence-corrected chi connectivity index (χ0v) is 22.8. The molecule has 0 unspecified atom stereocenters. The highest BCUT2D eigenvalue weighted by Crippen LogP contribution is 2.31. The molecule has 42 heavy (non-hydrogen) atoms. The maximum atomic E-state index is 15.2. The fraction of sp³-hybridized carbons (Fsp3) is 0.385. The summed E-state index contributed by atoms with van der Waals surface area (Å²) in [6, 6.07) is 3.79. The van der Waals surface area contributed by atoms with E-state index in [1.807, 2.05) is 0 Å². The second-order valence-electron chi connectivity index (χ2n) is 9.73. The molecule has 2 saturated heterocycles. The van der Waals surface area contributed by atoms with Gasteiger partial charge in [-0.15, -0.1) is 0 Å². The maximum absolute atomic E-state index is 15.2. The number of ether oxygens (including phenoxy) is 2. The number of aromatic nitrogens is 3. The van der Waals surface area contributed by atoms with Crippen molar-refractivity contribution >= 4 is 41.2 Å². The summed E-state index contributed by atoms with van der Waals surface area (Å²) in [5.41, 5.74) is -0.143. The van der Waals surface area contributed by atoms with Crippen molar-refractivity contribution in [2.45, 2.75) is 6.10 Å². The summed E-state index contributed by atoms with van der Waals surface area (Å²) in [7, 11) is 2.69. The lowest BCUT2D eigenvalue weighted by Crippen LogP contribution is -2.51. The first-order valence-electron chi connectivity index (χ1n) is 13.0. The molecule has 1 N–H and O–H groups in total. The van der Waals surface area contributed by atoms with Gasteiger partial charge in [-0.25, -0.2) is 28.3 Å². The molecular formula is C26H28F2N8O6. The van der Waals surface area contributed by atoms with Crippen LogP contribution in [0.25, 0.3) is 5.78 Å². The van der Waals surface area contributed by atoms with Gasteiger partial charge < -0.3 is 29.5 Å². The molecule has 0 aliphatic carbocycles. The minimum absolute atomic E-state index is 0.0210. The van der Waals surface area contributed by atoms with Gasteiger partial charge >= 0.3 is 12.2 Å². The molecule has 2 aliphatic heterocycles. The molecule has 0 spiro atoms. The molecule has 1 aromatic carbocycles. The number of nitrogens with zero attached hydrogens (tertiary/aromatic N) is 7. The molecular weight excluding hydrogens is 558 g/mol. The molecule has 1 atom stereocenters. The summed E-state index contributed by atoms with van der Waals surface area (Å²) in [6.45, 7) is 0.443. The molecule has 222 valence electrons. The zero-order chi connectivity index (χ0) is 30.0. The zero-order valence-electron chi connectivity index (χ0n) is 22.8. The van der Waals surface area contributed by atoms with Crippen molar-refractivity contribution in [1.82, 2.24) is 29.5 Å². The van der Waals surface area contributed by atoms with E-state index in [4.69, 9.17) is 4.74 Å². The van der Waals surface area contributed by atoms with Crippen molar-refractivity contribution in [3.05, 3.63) is 54.1 Å². The topological polar surface area (TPSA) is 142 Å². The molecule has 2 fully saturated rings. The minimum atomic E-state index is -0.874. The number of halogens is 2. The van der Waals surface area contributed by atoms with Crippen LogP contribution in [0.4, 0.5) is 29.7 Å². The van der Waals surface area contributed by atoms with Crippen molar-refractivity contribution in [3.8, 4) is 0 Å². The maximum Gasteiger partial charge on any atom is 0.414 e. The van der Waals surface area contributed by atoms with E-state index in [1.165, 1.54) is 35.1 Å². The Morgan fingerprint density at radius 1 is 1.17 bits per heavy atom. The monoisotopic (exact) mass is 586 g/mol. The van der Waals surface area contributed by atoms with Crippen molar-refractivity contribution < 1.29 is 37.4 Å². The molecule has 3 aromatic rings. The average molecular weight is 587 g/mol. The lowest BCUT2D eigenvalue weighted by atomic mass is 10.2. The molecule has 4 heterocycles. The van der Waals surface area contributed by atoms with Crippen LogP contribution in [0.1, 0.15) is 10.5 Å². The Morgan fingerprint density at radius 2 is 1.88 bits per heavy atom. The predicted molar refractivity (Wildman–Crippen MR) is 143 cm³/mol. The predicted octanol–water partition coefficient (Wildman–Crippen LogP) is 1.11. The Labute approximate surface area is 238 Å². The van der Waals surface area contributed by atoms with E-state index in [0.717, 1.165) is 17.0 Å². The van der Waals surface area contributed by atoms with Crippen molar-refractivity contribution in [3.63, 3.8) is 0 Å². The van der Waals surface area contributed by atoms with Crippen LogP contribution >= 0.6 is 0 Å². The lowest BCUT2D eigenvalue weighted by molar-refractivity contribution is -0.132. The number of methoxy groups -OCH3 is 1. The van der Waals surface area contributed by atoms with Gasteiger partial charge in [-0.1, -0.05) is 0 Å². The van der Waals surface area contributed by atoms with Gasteiger partial charge in [-0.3, -0.25) is 18.9 Å². The summed E-state index contributed by atoms with van der Waals surface area (Å²) in [4.78, 5) is 62.8. The number of imidazole rings is 1. The number of alkyl carbamates (subject to hydrolysis) is 1. The van der Waals surface area contributed by atoms with Gasteiger partial charge in [0, 0.05) is 63.9 Å². The number of nitrogens with one attached hydrogen (secondary N) is 1. The highest BCUT2D eigenvalue weighted by Gasteiger charge is 2.34. The second kappa shape index (κ2) is 11.8. The summed E-state index contributed by atoms with van der Waals surface area (Å²) in [5, 5.41) is 2.41. The minimum Gasteiger partial charge on any atom is -0.453 e. The van der Waals surface area contributed by atoms with Crippen molar-refractivity contribution in [2.24, 2.45) is 0 Å². The summed E-state index contributed by atoms with van der Waals surface area (Å²) in [5.74, 6) is -2.14. The molecule has 16 heteroatoms. The molecule has 2 aliphatic rings. The number of cyclic esters (lactones) is 1. The summed E-state index contributed by atoms with van der Waals surface area (Å²) >= 11 is 0. The Balaban J connectivity index is 1.16. The van der Waals surface area contributed by atoms with E-state index in [0.29, 0.717) is 5.78 Å². The summed E-state index contributed by atoms with van der Waals surface area (Å²) < 4.78 is 41.5. The van der Waals surface area contributed by atoms with Crippen molar-refractivity contribution in [1.29, 1.82) is 0 Å². The largest absolute Gasteiger partial charge is 0.453 e. The molecule has 2 aromatic heterocycles. The Kier molecular flexibility index (Phi) is 8.04. The van der Waals surface area contributed by atoms with Crippen LogP contribution in [0, 0.1) is 11.6 Å². The average Bonchev–Trinajstić information content (AvgIpc) is 3.58. The number of fused-ring (bicyclic) bond motifs is 1. The van der Waals surface area contributed by atoms with Crippen LogP contribution in [0.15, 0.2) is 36.8 Å². The number of benzene rings is 1. The number of likely N-dealkylation sites (N-methyl/N-ethyl adjacent to an activating group) is 1. The van der Waals surface area contributed by atoms with Crippen LogP contribution in [-0.4, -0.2) is 114 Å². The third kappa shape index (κ3) is 5.87. The number of carbonyl (C=O) groups is 4. The van der Waals surface area contributed by atoms with E-state index in [2.05, 4.69) is 20.0 Å². The standard InChI is InChI=1S/C26H28F2N8O6/c1-32(23(38)20-14-35-5-3-4-29-24(35)31-20)15-21(37)33-6-8-34(9-7-33)22-18(27)10-16(11-19(22)28)36-13-17(42-26(36)40)12-30-25(39)41-2/h3-5,10-11,14,17H,6-9,12-13,15H2,1-2H3,(H,30,39)/t17-/m0/s1. The van der Waals surface area contributed by atoms with Crippen LogP contribution in [0.2, 0.25) is 0 Å². The number of hydrogen-bond donors (Lipinski definition) is 1. The third-order valence-electron chi connectivity index (χ3n) is 6.97. The Morgan fingerprint density at radius 3 is 2.55 bits per heavy atom. The lowest BCUT2D eigenvalue weighted by Gasteiger charge is -2.37. The fourth-order valence-corrected chi connectivity index (χ4v) is 4.80. The molecule has 0 saturated carbocycles. The first-order valence-corrected chi connectivity index (χ1v) is 13.0. The Bertz CT molecular complexity index is 1470. The number of hydrogen-bond acceptors (Lipinski definition) is 9. The molecule has 0 radical (unpaired) electrons. The third-order valence-corrected chi connectivity index (χ3v) is 6.97. The van der Waals surface area contributed by atoms with Crippen molar-refractivity contribution in [2.75, 3.05) is 69.8 Å². The van der Waals surface area contributed by atoms with Gasteiger partial charge in [0.1, 0.15) is 17.5 Å². The van der Waals surface area contributed by atoms with E-state index in [-0.39, 0.29) is 68.8 Å². The number of piperazine rings is 1. The molecule has 4 amide bonds. The van der Waals surface area contributed by atoms with Crippen LogP contribution in [0.5, 0.6) is 0 Å². The normalized spacial score (nSPS) is 16.9. The van der Waals surface area contributed by atoms with E-state index < -0.39 is 35.8 Å². The van der Waals surface area contributed by atoms with E-state index in [9.17, 15) is 19.2 Å². The van der Waals surface area contributed by atoms with Gasteiger partial charge in [0.25, 0.3) is 5.91 Å². The second-order valence-corrected chi connectivity index (χ2v) is 9.73. The number of amides is 4. The van der Waals surface area contributed by atoms with Gasteiger partial charge in [0.05, 0.1) is 32.4 Å². The van der Waals surface area contributed by atoms with Gasteiger partial charge in [-0.2, -0.15) is 0 Å². The first kappa shape index (κ1) is 28.5. The fourth-order valence-electron chi connectivity index (χ4n) is 4.80. The number of rotatable bonds is 7. The first-order chi connectivity index (χ1) is 20.1. The van der Waals surface area contributed by atoms with Crippen LogP contribution in [-0.2, 0) is 14.3 Å². The van der Waals surface area contributed by atoms with E-state index in [1.54, 1.807) is 22.9 Å². The molecule has 5 rings (SSSR count). The van der Waals surface area contributed by atoms with E-state index >= 15 is 8.78 Å². The Hall–Kier alpha value is -5.02. The highest BCUT2D eigenvalue weighted by molar-refractivity contribution is 5.95. The van der Waals surface area contributed by atoms with Gasteiger partial charge in [0.15, 0.2) is 11.6 Å². The smallest absolute Gasteiger partial charge is 0.414 e. The van der Waals surface area contributed by atoms with Crippen LogP contribution < -0.4 is 15.1 Å². The quantitative estimate of drug-likeness (QED) is 0.431. The SMILES string of the molecule is COC(=O)NC[C@H]1CN(c2cc(F)c(N3CCN(C(=O)CN(C)C(=O)c4cn5cccnc5n4)CC3)c(F)c2)C(=O)O1. The van der Waals surface area contributed by atoms with Gasteiger partial charge in [-0.05, 0) is 6.07 Å². The molecule has 14 nitrogen and oxygen atoms in total. The summed E-state index contributed by atoms with van der Waals surface area (Å²) in [6.07, 6.45) is 2.58. The number of anilines is 2.